The largest absolute Gasteiger partial charge is 0.384 e. The van der Waals surface area contributed by atoms with Crippen molar-refractivity contribution in [3.05, 3.63) is 178 Å². The molecule has 3 heteroatoms. The number of ketones is 2. The highest BCUT2D eigenvalue weighted by atomic mass is 16.3. The van der Waals surface area contributed by atoms with Crippen LogP contribution in [-0.2, 0) is 5.60 Å². The summed E-state index contributed by atoms with van der Waals surface area (Å²) in [5.74, 6) is -2.60. The summed E-state index contributed by atoms with van der Waals surface area (Å²) in [5, 5.41) is 13.0. The number of hydrogen-bond donors (Lipinski definition) is 1. The Labute approximate surface area is 253 Å². The van der Waals surface area contributed by atoms with Crippen molar-refractivity contribution in [3.63, 3.8) is 0 Å². The summed E-state index contributed by atoms with van der Waals surface area (Å²) in [6, 6.07) is 44.5. The van der Waals surface area contributed by atoms with Crippen LogP contribution in [0.15, 0.2) is 140 Å². The van der Waals surface area contributed by atoms with E-state index < -0.39 is 23.4 Å². The molecule has 1 fully saturated rings. The summed E-state index contributed by atoms with van der Waals surface area (Å²) in [4.78, 5) is 29.5. The fourth-order valence-corrected chi connectivity index (χ4v) is 7.00. The lowest BCUT2D eigenvalue weighted by atomic mass is 9.52. The number of rotatable bonds is 7. The molecule has 0 aromatic heterocycles. The van der Waals surface area contributed by atoms with Gasteiger partial charge in [0.2, 0.25) is 0 Å². The third kappa shape index (κ3) is 5.49. The molecule has 1 aliphatic carbocycles. The van der Waals surface area contributed by atoms with Crippen molar-refractivity contribution in [1.82, 2.24) is 0 Å². The van der Waals surface area contributed by atoms with Crippen LogP contribution in [-0.4, -0.2) is 16.7 Å². The van der Waals surface area contributed by atoms with Gasteiger partial charge in [-0.25, -0.2) is 0 Å². The first-order valence-corrected chi connectivity index (χ1v) is 15.0. The third-order valence-corrected chi connectivity index (χ3v) is 9.17. The van der Waals surface area contributed by atoms with Crippen LogP contribution in [0.4, 0.5) is 0 Å². The number of carbonyl (C=O) groups is 2. The van der Waals surface area contributed by atoms with E-state index >= 15 is 0 Å². The van der Waals surface area contributed by atoms with E-state index in [0.29, 0.717) is 16.7 Å². The van der Waals surface area contributed by atoms with Crippen molar-refractivity contribution in [2.75, 3.05) is 0 Å². The molecule has 0 saturated heterocycles. The van der Waals surface area contributed by atoms with Crippen molar-refractivity contribution in [1.29, 1.82) is 0 Å². The topological polar surface area (TPSA) is 54.4 Å². The fourth-order valence-electron chi connectivity index (χ4n) is 7.00. The van der Waals surface area contributed by atoms with Gasteiger partial charge in [-0.05, 0) is 42.9 Å². The Balaban J connectivity index is 1.65. The summed E-state index contributed by atoms with van der Waals surface area (Å²) < 4.78 is 0. The highest BCUT2D eigenvalue weighted by Gasteiger charge is 2.58. The minimum atomic E-state index is -1.53. The summed E-state index contributed by atoms with van der Waals surface area (Å²) in [6.07, 6.45) is 0.231. The van der Waals surface area contributed by atoms with Crippen molar-refractivity contribution in [3.8, 4) is 0 Å². The van der Waals surface area contributed by atoms with Crippen LogP contribution in [0.2, 0.25) is 0 Å². The average molecular weight is 565 g/mol. The second-order valence-corrected chi connectivity index (χ2v) is 11.9. The minimum Gasteiger partial charge on any atom is -0.384 e. The van der Waals surface area contributed by atoms with E-state index in [4.69, 9.17) is 0 Å². The molecule has 43 heavy (non-hydrogen) atoms. The van der Waals surface area contributed by atoms with Gasteiger partial charge in [0, 0.05) is 23.0 Å². The molecule has 5 aromatic carbocycles. The predicted molar refractivity (Wildman–Crippen MR) is 171 cm³/mol. The van der Waals surface area contributed by atoms with Gasteiger partial charge in [0.1, 0.15) is 5.60 Å². The Morgan fingerprint density at radius 1 is 0.581 bits per heavy atom. The molecule has 0 amide bonds. The monoisotopic (exact) mass is 564 g/mol. The maximum atomic E-state index is 14.8. The molecule has 5 aromatic rings. The maximum absolute atomic E-state index is 14.8. The first-order chi connectivity index (χ1) is 20.9. The van der Waals surface area contributed by atoms with E-state index in [9.17, 15) is 14.7 Å². The van der Waals surface area contributed by atoms with Gasteiger partial charge in [0.25, 0.3) is 0 Å². The van der Waals surface area contributed by atoms with Gasteiger partial charge in [-0.15, -0.1) is 0 Å². The lowest BCUT2D eigenvalue weighted by Gasteiger charge is -2.51. The Bertz CT molecular complexity index is 1690. The first-order valence-electron chi connectivity index (χ1n) is 15.0. The van der Waals surface area contributed by atoms with Crippen LogP contribution in [0.5, 0.6) is 0 Å². The van der Waals surface area contributed by atoms with Crippen LogP contribution in [0.1, 0.15) is 66.8 Å². The van der Waals surface area contributed by atoms with Gasteiger partial charge < -0.3 is 5.11 Å². The van der Waals surface area contributed by atoms with E-state index in [-0.39, 0.29) is 23.9 Å². The van der Waals surface area contributed by atoms with Gasteiger partial charge in [-0.3, -0.25) is 9.59 Å². The lowest BCUT2D eigenvalue weighted by molar-refractivity contribution is -0.0690. The summed E-state index contributed by atoms with van der Waals surface area (Å²) in [7, 11) is 0. The van der Waals surface area contributed by atoms with E-state index in [1.807, 2.05) is 117 Å². The van der Waals surface area contributed by atoms with E-state index in [1.54, 1.807) is 12.1 Å². The molecule has 5 atom stereocenters. The van der Waals surface area contributed by atoms with Gasteiger partial charge >= 0.3 is 0 Å². The van der Waals surface area contributed by atoms with Crippen LogP contribution in [0, 0.1) is 25.7 Å². The predicted octanol–water partition coefficient (Wildman–Crippen LogP) is 8.46. The Kier molecular flexibility index (Phi) is 7.92. The highest BCUT2D eigenvalue weighted by molar-refractivity contribution is 6.03. The number of aliphatic hydroxyl groups is 1. The number of carbonyl (C=O) groups excluding carboxylic acids is 2. The number of aryl methyl sites for hydroxylation is 2. The minimum absolute atomic E-state index is 0.0160. The van der Waals surface area contributed by atoms with Crippen LogP contribution >= 0.6 is 0 Å². The molecule has 0 unspecified atom stereocenters. The van der Waals surface area contributed by atoms with Gasteiger partial charge in [-0.1, -0.05) is 151 Å². The quantitative estimate of drug-likeness (QED) is 0.202. The standard InChI is InChI=1S/C40H36O3/c1-27-18-22-29(23-19-27)34-26-40(43,33-16-10-5-11-17-33)37(39(42)32-14-8-4-9-15-32)35(30-24-20-28(2)21-25-30)36(34)38(41)31-12-6-3-7-13-31/h3-25,34-37,43H,26H2,1-2H3/t34-,35-,36-,37-,40+/m1/s1. The molecular formula is C40H36O3. The SMILES string of the molecule is Cc1ccc([C@@H]2[C@H](C(=O)c3ccccc3)[C@@H](c3ccc(C)cc3)C[C@](O)(c3ccccc3)[C@H]2C(=O)c2ccccc2)cc1. The molecule has 1 N–H and O–H groups in total. The zero-order chi connectivity index (χ0) is 30.0. The third-order valence-electron chi connectivity index (χ3n) is 9.17. The van der Waals surface area contributed by atoms with E-state index in [0.717, 1.165) is 22.3 Å². The molecule has 0 bridgehead atoms. The maximum Gasteiger partial charge on any atom is 0.169 e. The Morgan fingerprint density at radius 3 is 1.53 bits per heavy atom. The second-order valence-electron chi connectivity index (χ2n) is 11.9. The summed E-state index contributed by atoms with van der Waals surface area (Å²) >= 11 is 0. The van der Waals surface area contributed by atoms with Gasteiger partial charge in [0.15, 0.2) is 11.6 Å². The normalized spacial score (nSPS) is 23.4. The van der Waals surface area contributed by atoms with Crippen molar-refractivity contribution in [2.24, 2.45) is 11.8 Å². The molecule has 0 aliphatic heterocycles. The van der Waals surface area contributed by atoms with Crippen molar-refractivity contribution < 1.29 is 14.7 Å². The number of hydrogen-bond acceptors (Lipinski definition) is 3. The first kappa shape index (κ1) is 28.5. The molecule has 1 aliphatic rings. The van der Waals surface area contributed by atoms with Crippen LogP contribution in [0.25, 0.3) is 0 Å². The number of benzene rings is 5. The molecule has 1 saturated carbocycles. The smallest absolute Gasteiger partial charge is 0.169 e. The second kappa shape index (κ2) is 11.9. The molecule has 0 spiro atoms. The van der Waals surface area contributed by atoms with Gasteiger partial charge in [-0.2, -0.15) is 0 Å². The van der Waals surface area contributed by atoms with Crippen molar-refractivity contribution >= 4 is 11.6 Å². The fraction of sp³-hybridized carbons (Fsp3) is 0.200. The number of Topliss-reactive ketones (excluding diaryl/α,β-unsaturated/α-hetero) is 2. The molecule has 214 valence electrons. The van der Waals surface area contributed by atoms with Crippen LogP contribution < -0.4 is 0 Å². The van der Waals surface area contributed by atoms with Gasteiger partial charge in [0.05, 0.1) is 5.92 Å². The Hall–Kier alpha value is -4.60. The average Bonchev–Trinajstić information content (AvgIpc) is 3.05. The molecule has 6 rings (SSSR count). The molecular weight excluding hydrogens is 528 g/mol. The zero-order valence-electron chi connectivity index (χ0n) is 24.6. The summed E-state index contributed by atoms with van der Waals surface area (Å²) in [6.45, 7) is 4.07. The van der Waals surface area contributed by atoms with E-state index in [1.165, 1.54) is 0 Å². The Morgan fingerprint density at radius 2 is 1.02 bits per heavy atom. The lowest BCUT2D eigenvalue weighted by Crippen LogP contribution is -2.53. The zero-order valence-corrected chi connectivity index (χ0v) is 24.6. The molecule has 3 nitrogen and oxygen atoms in total. The summed E-state index contributed by atoms with van der Waals surface area (Å²) in [5.41, 5.74) is 4.35. The molecule has 0 radical (unpaired) electrons. The van der Waals surface area contributed by atoms with Crippen molar-refractivity contribution in [2.45, 2.75) is 37.7 Å². The van der Waals surface area contributed by atoms with Crippen LogP contribution in [0.3, 0.4) is 0 Å². The highest BCUT2D eigenvalue weighted by Crippen LogP contribution is 2.58. The van der Waals surface area contributed by atoms with E-state index in [2.05, 4.69) is 24.3 Å². The molecule has 0 heterocycles.